The standard InChI is InChI=1S/C21H30N4O/c1-15-5-7-18(8-6-15)20-24-19(14-26-20)9-10-23-21(22-4)25-12-16(2)11-17(3)13-25/h5-8,14,16-17H,9-13H2,1-4H3,(H,22,23). The van der Waals surface area contributed by atoms with Crippen LogP contribution >= 0.6 is 0 Å². The SMILES string of the molecule is CN=C(NCCc1coc(-c2ccc(C)cc2)n1)N1CC(C)CC(C)C1. The zero-order valence-corrected chi connectivity index (χ0v) is 16.3. The molecular formula is C21H30N4O. The van der Waals surface area contributed by atoms with Crippen molar-refractivity contribution < 1.29 is 4.42 Å². The van der Waals surface area contributed by atoms with E-state index in [0.717, 1.165) is 43.3 Å². The molecule has 1 fully saturated rings. The lowest BCUT2D eigenvalue weighted by Gasteiger charge is -2.37. The first-order valence-corrected chi connectivity index (χ1v) is 9.52. The number of aryl methyl sites for hydroxylation is 1. The van der Waals surface area contributed by atoms with Crippen molar-refractivity contribution in [3.63, 3.8) is 0 Å². The van der Waals surface area contributed by atoms with Gasteiger partial charge in [-0.1, -0.05) is 31.5 Å². The summed E-state index contributed by atoms with van der Waals surface area (Å²) in [5, 5.41) is 3.48. The minimum Gasteiger partial charge on any atom is -0.444 e. The second-order valence-electron chi connectivity index (χ2n) is 7.59. The van der Waals surface area contributed by atoms with Gasteiger partial charge in [0.2, 0.25) is 5.89 Å². The summed E-state index contributed by atoms with van der Waals surface area (Å²) in [7, 11) is 1.86. The fraction of sp³-hybridized carbons (Fsp3) is 0.524. The molecule has 0 bridgehead atoms. The van der Waals surface area contributed by atoms with Crippen LogP contribution in [0.5, 0.6) is 0 Å². The van der Waals surface area contributed by atoms with Gasteiger partial charge in [0.05, 0.1) is 5.69 Å². The molecule has 5 nitrogen and oxygen atoms in total. The van der Waals surface area contributed by atoms with E-state index in [1.165, 1.54) is 12.0 Å². The molecule has 1 aromatic heterocycles. The van der Waals surface area contributed by atoms with E-state index < -0.39 is 0 Å². The molecule has 0 spiro atoms. The highest BCUT2D eigenvalue weighted by atomic mass is 16.3. The van der Waals surface area contributed by atoms with E-state index in [0.29, 0.717) is 17.7 Å². The third-order valence-corrected chi connectivity index (χ3v) is 4.89. The van der Waals surface area contributed by atoms with Crippen molar-refractivity contribution in [3.8, 4) is 11.5 Å². The molecule has 1 aliphatic heterocycles. The number of aliphatic imine (C=N–C) groups is 1. The van der Waals surface area contributed by atoms with Crippen LogP contribution in [0.3, 0.4) is 0 Å². The topological polar surface area (TPSA) is 53.7 Å². The van der Waals surface area contributed by atoms with Crippen LogP contribution in [0.2, 0.25) is 0 Å². The molecule has 5 heteroatoms. The summed E-state index contributed by atoms with van der Waals surface area (Å²) in [6, 6.07) is 8.24. The number of nitrogens with zero attached hydrogens (tertiary/aromatic N) is 3. The number of piperidine rings is 1. The van der Waals surface area contributed by atoms with Crippen molar-refractivity contribution in [2.75, 3.05) is 26.7 Å². The van der Waals surface area contributed by atoms with E-state index in [1.807, 2.05) is 19.2 Å². The maximum Gasteiger partial charge on any atom is 0.226 e. The quantitative estimate of drug-likeness (QED) is 0.671. The Kier molecular flexibility index (Phi) is 5.96. The van der Waals surface area contributed by atoms with Crippen LogP contribution in [0.15, 0.2) is 39.9 Å². The summed E-state index contributed by atoms with van der Waals surface area (Å²) in [5.74, 6) is 3.10. The Labute approximate surface area is 156 Å². The molecule has 1 aliphatic rings. The maximum absolute atomic E-state index is 5.64. The minimum atomic E-state index is 0.683. The number of benzene rings is 1. The minimum absolute atomic E-state index is 0.683. The molecule has 2 unspecified atom stereocenters. The fourth-order valence-electron chi connectivity index (χ4n) is 3.72. The number of guanidine groups is 1. The molecule has 2 atom stereocenters. The van der Waals surface area contributed by atoms with Crippen LogP contribution in [-0.2, 0) is 6.42 Å². The molecule has 2 aromatic rings. The first-order chi connectivity index (χ1) is 12.5. The number of likely N-dealkylation sites (tertiary alicyclic amines) is 1. The smallest absolute Gasteiger partial charge is 0.226 e. The lowest BCUT2D eigenvalue weighted by molar-refractivity contribution is 0.208. The molecule has 0 saturated carbocycles. The Morgan fingerprint density at radius 1 is 1.23 bits per heavy atom. The Bertz CT molecular complexity index is 725. The van der Waals surface area contributed by atoms with E-state index in [-0.39, 0.29) is 0 Å². The summed E-state index contributed by atoms with van der Waals surface area (Å²) in [5.41, 5.74) is 3.21. The van der Waals surface area contributed by atoms with Crippen molar-refractivity contribution in [1.29, 1.82) is 0 Å². The number of nitrogens with one attached hydrogen (secondary N) is 1. The summed E-state index contributed by atoms with van der Waals surface area (Å²) >= 11 is 0. The normalized spacial score (nSPS) is 21.1. The van der Waals surface area contributed by atoms with Gasteiger partial charge in [0, 0.05) is 38.7 Å². The van der Waals surface area contributed by atoms with Gasteiger partial charge in [0.25, 0.3) is 0 Å². The average molecular weight is 354 g/mol. The highest BCUT2D eigenvalue weighted by Crippen LogP contribution is 2.21. The van der Waals surface area contributed by atoms with Crippen molar-refractivity contribution in [2.45, 2.75) is 33.6 Å². The van der Waals surface area contributed by atoms with Crippen molar-refractivity contribution in [1.82, 2.24) is 15.2 Å². The van der Waals surface area contributed by atoms with E-state index >= 15 is 0 Å². The summed E-state index contributed by atoms with van der Waals surface area (Å²) in [4.78, 5) is 11.4. The zero-order valence-electron chi connectivity index (χ0n) is 16.3. The molecular weight excluding hydrogens is 324 g/mol. The van der Waals surface area contributed by atoms with Crippen LogP contribution < -0.4 is 5.32 Å². The average Bonchev–Trinajstić information content (AvgIpc) is 3.07. The predicted molar refractivity (Wildman–Crippen MR) is 106 cm³/mol. The number of hydrogen-bond donors (Lipinski definition) is 1. The van der Waals surface area contributed by atoms with Gasteiger partial charge < -0.3 is 14.6 Å². The number of hydrogen-bond acceptors (Lipinski definition) is 3. The third-order valence-electron chi connectivity index (χ3n) is 4.89. The molecule has 1 saturated heterocycles. The molecule has 0 amide bonds. The van der Waals surface area contributed by atoms with Crippen molar-refractivity contribution in [2.24, 2.45) is 16.8 Å². The monoisotopic (exact) mass is 354 g/mol. The highest BCUT2D eigenvalue weighted by molar-refractivity contribution is 5.80. The van der Waals surface area contributed by atoms with Crippen LogP contribution in [-0.4, -0.2) is 42.5 Å². The summed E-state index contributed by atoms with van der Waals surface area (Å²) in [6.45, 7) is 9.66. The van der Waals surface area contributed by atoms with Crippen molar-refractivity contribution >= 4 is 5.96 Å². The predicted octanol–water partition coefficient (Wildman–Crippen LogP) is 3.75. The summed E-state index contributed by atoms with van der Waals surface area (Å²) < 4.78 is 5.64. The fourth-order valence-corrected chi connectivity index (χ4v) is 3.72. The number of oxazole rings is 1. The first kappa shape index (κ1) is 18.5. The lowest BCUT2D eigenvalue weighted by atomic mass is 9.92. The van der Waals surface area contributed by atoms with E-state index in [2.05, 4.69) is 53.1 Å². The number of aromatic nitrogens is 1. The Balaban J connectivity index is 1.53. The summed E-state index contributed by atoms with van der Waals surface area (Å²) in [6.07, 6.45) is 3.87. The molecule has 26 heavy (non-hydrogen) atoms. The Hall–Kier alpha value is -2.30. The third kappa shape index (κ3) is 4.65. The van der Waals surface area contributed by atoms with Crippen LogP contribution in [0, 0.1) is 18.8 Å². The van der Waals surface area contributed by atoms with Crippen LogP contribution in [0.4, 0.5) is 0 Å². The molecule has 3 rings (SSSR count). The molecule has 1 aromatic carbocycles. The highest BCUT2D eigenvalue weighted by Gasteiger charge is 2.23. The largest absolute Gasteiger partial charge is 0.444 e. The van der Waals surface area contributed by atoms with Gasteiger partial charge in [-0.2, -0.15) is 0 Å². The van der Waals surface area contributed by atoms with Crippen LogP contribution in [0.25, 0.3) is 11.5 Å². The molecule has 140 valence electrons. The van der Waals surface area contributed by atoms with Gasteiger partial charge in [-0.05, 0) is 37.3 Å². The molecule has 1 N–H and O–H groups in total. The van der Waals surface area contributed by atoms with Gasteiger partial charge in [0.1, 0.15) is 6.26 Å². The van der Waals surface area contributed by atoms with Gasteiger partial charge in [-0.25, -0.2) is 4.98 Å². The van der Waals surface area contributed by atoms with Crippen molar-refractivity contribution in [3.05, 3.63) is 41.8 Å². The van der Waals surface area contributed by atoms with Gasteiger partial charge in [0.15, 0.2) is 5.96 Å². The molecule has 2 heterocycles. The lowest BCUT2D eigenvalue weighted by Crippen LogP contribution is -2.48. The second-order valence-corrected chi connectivity index (χ2v) is 7.59. The molecule has 0 radical (unpaired) electrons. The second kappa shape index (κ2) is 8.39. The van der Waals surface area contributed by atoms with Gasteiger partial charge in [-0.15, -0.1) is 0 Å². The maximum atomic E-state index is 5.64. The zero-order chi connectivity index (χ0) is 18.5. The van der Waals surface area contributed by atoms with Gasteiger partial charge in [-0.3, -0.25) is 4.99 Å². The Morgan fingerprint density at radius 2 is 1.92 bits per heavy atom. The van der Waals surface area contributed by atoms with E-state index in [4.69, 9.17) is 4.42 Å². The van der Waals surface area contributed by atoms with Crippen LogP contribution in [0.1, 0.15) is 31.5 Å². The first-order valence-electron chi connectivity index (χ1n) is 9.52. The Morgan fingerprint density at radius 3 is 2.58 bits per heavy atom. The number of rotatable bonds is 4. The van der Waals surface area contributed by atoms with E-state index in [1.54, 1.807) is 6.26 Å². The van der Waals surface area contributed by atoms with E-state index in [9.17, 15) is 0 Å². The van der Waals surface area contributed by atoms with Gasteiger partial charge >= 0.3 is 0 Å². The molecule has 0 aliphatic carbocycles.